The summed E-state index contributed by atoms with van der Waals surface area (Å²) < 4.78 is 0. The molecule has 0 saturated carbocycles. The molecule has 0 fully saturated rings. The van der Waals surface area contributed by atoms with Crippen LogP contribution in [0.25, 0.3) is 0 Å². The Morgan fingerprint density at radius 2 is 0.913 bits per heavy atom. The lowest BCUT2D eigenvalue weighted by atomic mass is 9.89. The molecule has 0 aromatic heterocycles. The van der Waals surface area contributed by atoms with Crippen molar-refractivity contribution in [3.05, 3.63) is 20.8 Å². The number of aliphatic carboxylic acids is 1. The molecule has 0 aliphatic rings. The lowest BCUT2D eigenvalue weighted by Gasteiger charge is -2.16. The maximum absolute atomic E-state index is 10.4. The molecule has 0 amide bonds. The Morgan fingerprint density at radius 1 is 0.609 bits per heavy atom. The van der Waals surface area contributed by atoms with Crippen molar-refractivity contribution in [2.75, 3.05) is 0 Å². The topological polar surface area (TPSA) is 37.3 Å². The van der Waals surface area contributed by atoms with Gasteiger partial charge in [0.25, 0.3) is 0 Å². The molecule has 0 rings (SSSR count). The molecule has 0 saturated heterocycles. The minimum atomic E-state index is -0.662. The average molecular weight is 324 g/mol. The first-order valence-electron chi connectivity index (χ1n) is 9.70. The van der Waals surface area contributed by atoms with Gasteiger partial charge in [0.1, 0.15) is 0 Å². The third-order valence-electron chi connectivity index (χ3n) is 4.35. The average Bonchev–Trinajstić information content (AvgIpc) is 2.45. The summed E-state index contributed by atoms with van der Waals surface area (Å²) in [6.07, 6.45) is 19.1. The van der Waals surface area contributed by atoms with Crippen LogP contribution in [0.4, 0.5) is 0 Å². The summed E-state index contributed by atoms with van der Waals surface area (Å²) in [5.41, 5.74) is -0.240. The molecule has 23 heavy (non-hydrogen) atoms. The van der Waals surface area contributed by atoms with E-state index in [0.29, 0.717) is 6.42 Å². The zero-order valence-corrected chi connectivity index (χ0v) is 15.3. The number of unbranched alkanes of at least 4 members (excludes halogenated alkanes) is 13. The Labute approximate surface area is 145 Å². The van der Waals surface area contributed by atoms with Crippen LogP contribution in [0.2, 0.25) is 0 Å². The SMILES string of the molecule is [CH2]C([CH2])([CH2])CCCCCCCCCCCCCCCCC(=O)O. The Balaban J connectivity index is 3.04. The van der Waals surface area contributed by atoms with Crippen LogP contribution in [0.1, 0.15) is 103 Å². The Kier molecular flexibility index (Phi) is 14.7. The maximum atomic E-state index is 10.4. The summed E-state index contributed by atoms with van der Waals surface area (Å²) in [7, 11) is 0. The first-order chi connectivity index (χ1) is 10.9. The summed E-state index contributed by atoms with van der Waals surface area (Å²) in [5.74, 6) is -0.662. The number of carboxylic acids is 1. The molecule has 3 radical (unpaired) electrons. The standard InChI is InChI=1S/C21H39O2/c1-21(2,3)19-17-15-13-11-9-7-5-4-6-8-10-12-14-16-18-20(22)23/h1-19H2,(H,22,23). The van der Waals surface area contributed by atoms with Crippen LogP contribution in [-0.4, -0.2) is 11.1 Å². The first-order valence-corrected chi connectivity index (χ1v) is 9.70. The fourth-order valence-electron chi connectivity index (χ4n) is 2.90. The highest BCUT2D eigenvalue weighted by molar-refractivity contribution is 5.66. The van der Waals surface area contributed by atoms with Gasteiger partial charge in [0.2, 0.25) is 0 Å². The van der Waals surface area contributed by atoms with Gasteiger partial charge in [0.05, 0.1) is 0 Å². The van der Waals surface area contributed by atoms with E-state index in [9.17, 15) is 4.79 Å². The highest BCUT2D eigenvalue weighted by Gasteiger charge is 2.09. The highest BCUT2D eigenvalue weighted by atomic mass is 16.4. The second-order valence-corrected chi connectivity index (χ2v) is 7.34. The van der Waals surface area contributed by atoms with Gasteiger partial charge < -0.3 is 5.11 Å². The van der Waals surface area contributed by atoms with Crippen molar-refractivity contribution in [2.45, 2.75) is 103 Å². The van der Waals surface area contributed by atoms with Gasteiger partial charge in [0.15, 0.2) is 0 Å². The summed E-state index contributed by atoms with van der Waals surface area (Å²) in [5, 5.41) is 8.54. The summed E-state index contributed by atoms with van der Waals surface area (Å²) >= 11 is 0. The molecule has 135 valence electrons. The van der Waals surface area contributed by atoms with Gasteiger partial charge in [-0.15, -0.1) is 0 Å². The van der Waals surface area contributed by atoms with E-state index in [2.05, 4.69) is 20.8 Å². The minimum Gasteiger partial charge on any atom is -0.481 e. The van der Waals surface area contributed by atoms with Crippen LogP contribution in [0, 0.1) is 26.2 Å². The van der Waals surface area contributed by atoms with Crippen LogP contribution in [0.15, 0.2) is 0 Å². The molecule has 0 bridgehead atoms. The second-order valence-electron chi connectivity index (χ2n) is 7.34. The predicted octanol–water partition coefficient (Wildman–Crippen LogP) is 6.80. The molecule has 2 nitrogen and oxygen atoms in total. The minimum absolute atomic E-state index is 0.240. The van der Waals surface area contributed by atoms with E-state index in [1.165, 1.54) is 77.0 Å². The van der Waals surface area contributed by atoms with E-state index in [0.717, 1.165) is 19.3 Å². The molecule has 0 aromatic rings. The summed E-state index contributed by atoms with van der Waals surface area (Å²) in [4.78, 5) is 10.4. The number of carboxylic acid groups (broad SMARTS) is 1. The van der Waals surface area contributed by atoms with E-state index in [4.69, 9.17) is 5.11 Å². The monoisotopic (exact) mass is 323 g/mol. The second kappa shape index (κ2) is 15.0. The maximum Gasteiger partial charge on any atom is 0.303 e. The molecular weight excluding hydrogens is 284 g/mol. The summed E-state index contributed by atoms with van der Waals surface area (Å²) in [6.45, 7) is 11.8. The number of hydrogen-bond acceptors (Lipinski definition) is 1. The highest BCUT2D eigenvalue weighted by Crippen LogP contribution is 2.21. The molecule has 0 spiro atoms. The molecule has 0 unspecified atom stereocenters. The molecular formula is C21H39O2. The quantitative estimate of drug-likeness (QED) is 0.299. The van der Waals surface area contributed by atoms with Crippen LogP contribution in [-0.2, 0) is 4.79 Å². The summed E-state index contributed by atoms with van der Waals surface area (Å²) in [6, 6.07) is 0. The van der Waals surface area contributed by atoms with Crippen molar-refractivity contribution in [1.82, 2.24) is 0 Å². The molecule has 0 aliphatic heterocycles. The van der Waals surface area contributed by atoms with Gasteiger partial charge in [-0.25, -0.2) is 0 Å². The largest absolute Gasteiger partial charge is 0.481 e. The van der Waals surface area contributed by atoms with Gasteiger partial charge in [-0.2, -0.15) is 0 Å². The zero-order valence-electron chi connectivity index (χ0n) is 15.3. The van der Waals surface area contributed by atoms with E-state index in [1.807, 2.05) is 0 Å². The zero-order chi connectivity index (χ0) is 17.4. The van der Waals surface area contributed by atoms with Gasteiger partial charge >= 0.3 is 5.97 Å². The molecule has 0 aromatic carbocycles. The molecule has 0 heterocycles. The van der Waals surface area contributed by atoms with E-state index >= 15 is 0 Å². The predicted molar refractivity (Wildman–Crippen MR) is 100 cm³/mol. The van der Waals surface area contributed by atoms with Gasteiger partial charge in [0, 0.05) is 6.42 Å². The van der Waals surface area contributed by atoms with E-state index in [-0.39, 0.29) is 5.41 Å². The van der Waals surface area contributed by atoms with Crippen molar-refractivity contribution in [2.24, 2.45) is 5.41 Å². The van der Waals surface area contributed by atoms with Crippen LogP contribution in [0.3, 0.4) is 0 Å². The van der Waals surface area contributed by atoms with Crippen molar-refractivity contribution in [3.63, 3.8) is 0 Å². The van der Waals surface area contributed by atoms with Crippen LogP contribution < -0.4 is 0 Å². The number of hydrogen-bond donors (Lipinski definition) is 1. The normalized spacial score (nSPS) is 11.8. The van der Waals surface area contributed by atoms with Crippen molar-refractivity contribution < 1.29 is 9.90 Å². The Bertz CT molecular complexity index is 266. The number of rotatable bonds is 17. The van der Waals surface area contributed by atoms with Crippen molar-refractivity contribution >= 4 is 5.97 Å². The smallest absolute Gasteiger partial charge is 0.303 e. The van der Waals surface area contributed by atoms with Crippen LogP contribution >= 0.6 is 0 Å². The molecule has 2 heteroatoms. The van der Waals surface area contributed by atoms with Gasteiger partial charge in [-0.05, 0) is 39.0 Å². The van der Waals surface area contributed by atoms with Crippen LogP contribution in [0.5, 0.6) is 0 Å². The van der Waals surface area contributed by atoms with Crippen molar-refractivity contribution in [1.29, 1.82) is 0 Å². The molecule has 0 aliphatic carbocycles. The lowest BCUT2D eigenvalue weighted by molar-refractivity contribution is -0.137. The fourth-order valence-corrected chi connectivity index (χ4v) is 2.90. The molecule has 1 N–H and O–H groups in total. The fraction of sp³-hybridized carbons (Fsp3) is 0.810. The van der Waals surface area contributed by atoms with E-state index in [1.54, 1.807) is 0 Å². The number of carbonyl (C=O) groups is 1. The third-order valence-corrected chi connectivity index (χ3v) is 4.35. The van der Waals surface area contributed by atoms with Gasteiger partial charge in [-0.1, -0.05) is 83.5 Å². The van der Waals surface area contributed by atoms with Gasteiger partial charge in [-0.3, -0.25) is 4.79 Å². The molecule has 0 atom stereocenters. The van der Waals surface area contributed by atoms with Crippen molar-refractivity contribution in [3.8, 4) is 0 Å². The Hall–Kier alpha value is -0.530. The Morgan fingerprint density at radius 3 is 1.22 bits per heavy atom. The lowest BCUT2D eigenvalue weighted by Crippen LogP contribution is -2.05. The third kappa shape index (κ3) is 21.5. The van der Waals surface area contributed by atoms with E-state index < -0.39 is 5.97 Å². The first kappa shape index (κ1) is 22.5.